The van der Waals surface area contributed by atoms with E-state index in [4.69, 9.17) is 5.11 Å². The van der Waals surface area contributed by atoms with Gasteiger partial charge in [-0.15, -0.1) is 0 Å². The maximum absolute atomic E-state index is 12.2. The maximum Gasteiger partial charge on any atom is 0.329 e. The smallest absolute Gasteiger partial charge is 0.329 e. The number of halogens is 1. The standard InChI is InChI=1S/C12H13BrN2O5/c1-12(2,11(17)18)14(3)10(16)7-4-5-8(13)9(6-7)15(19)20/h4-6H,1-3H3,(H,17,18). The minimum absolute atomic E-state index is 0.0525. The molecule has 0 fully saturated rings. The van der Waals surface area contributed by atoms with E-state index in [2.05, 4.69) is 15.9 Å². The van der Waals surface area contributed by atoms with Crippen LogP contribution in [0.5, 0.6) is 0 Å². The lowest BCUT2D eigenvalue weighted by Crippen LogP contribution is -2.50. The van der Waals surface area contributed by atoms with Crippen LogP contribution in [0.15, 0.2) is 22.7 Å². The van der Waals surface area contributed by atoms with Crippen LogP contribution in [0.25, 0.3) is 0 Å². The summed E-state index contributed by atoms with van der Waals surface area (Å²) < 4.78 is 0.249. The van der Waals surface area contributed by atoms with Crippen molar-refractivity contribution in [2.24, 2.45) is 0 Å². The Kier molecular flexibility index (Phi) is 4.49. The van der Waals surface area contributed by atoms with Crippen molar-refractivity contribution in [1.82, 2.24) is 4.90 Å². The Hall–Kier alpha value is -1.96. The molecule has 1 amide bonds. The first-order valence-electron chi connectivity index (χ1n) is 5.54. The molecule has 0 heterocycles. The molecule has 0 unspecified atom stereocenters. The van der Waals surface area contributed by atoms with Gasteiger partial charge < -0.3 is 10.0 Å². The summed E-state index contributed by atoms with van der Waals surface area (Å²) in [6.45, 7) is 2.75. The summed E-state index contributed by atoms with van der Waals surface area (Å²) in [6.07, 6.45) is 0. The second kappa shape index (κ2) is 5.58. The summed E-state index contributed by atoms with van der Waals surface area (Å²) in [5.41, 5.74) is -1.62. The quantitative estimate of drug-likeness (QED) is 0.666. The van der Waals surface area contributed by atoms with Gasteiger partial charge >= 0.3 is 5.97 Å². The van der Waals surface area contributed by atoms with Crippen molar-refractivity contribution >= 4 is 33.5 Å². The van der Waals surface area contributed by atoms with Gasteiger partial charge in [0.2, 0.25) is 0 Å². The number of nitrogens with zero attached hydrogens (tertiary/aromatic N) is 2. The number of likely N-dealkylation sites (N-methyl/N-ethyl adjacent to an activating group) is 1. The molecule has 1 aromatic rings. The molecule has 7 nitrogen and oxygen atoms in total. The van der Waals surface area contributed by atoms with Gasteiger partial charge in [0.1, 0.15) is 5.54 Å². The highest BCUT2D eigenvalue weighted by molar-refractivity contribution is 9.10. The Balaban J connectivity index is 3.19. The third-order valence-corrected chi connectivity index (χ3v) is 3.73. The molecule has 108 valence electrons. The van der Waals surface area contributed by atoms with Crippen molar-refractivity contribution in [3.8, 4) is 0 Å². The predicted octanol–water partition coefficient (Wildman–Crippen LogP) is 2.29. The average molecular weight is 345 g/mol. The van der Waals surface area contributed by atoms with Gasteiger partial charge in [-0.1, -0.05) is 0 Å². The van der Waals surface area contributed by atoms with Crippen LogP contribution < -0.4 is 0 Å². The first-order valence-corrected chi connectivity index (χ1v) is 6.34. The second-order valence-electron chi connectivity index (χ2n) is 4.65. The molecule has 0 saturated carbocycles. The number of carboxylic acid groups (broad SMARTS) is 1. The summed E-state index contributed by atoms with van der Waals surface area (Å²) in [5.74, 6) is -1.77. The van der Waals surface area contributed by atoms with E-state index in [0.29, 0.717) is 0 Å². The van der Waals surface area contributed by atoms with Gasteiger partial charge in [-0.3, -0.25) is 14.9 Å². The molecule has 0 aliphatic carbocycles. The number of nitro benzene ring substituents is 1. The summed E-state index contributed by atoms with van der Waals surface area (Å²) >= 11 is 3.02. The Labute approximate surface area is 123 Å². The van der Waals surface area contributed by atoms with E-state index in [0.717, 1.165) is 11.0 Å². The maximum atomic E-state index is 12.2. The zero-order valence-electron chi connectivity index (χ0n) is 11.1. The van der Waals surface area contributed by atoms with Crippen molar-refractivity contribution in [2.75, 3.05) is 7.05 Å². The van der Waals surface area contributed by atoms with E-state index in [1.807, 2.05) is 0 Å². The molecule has 0 aliphatic rings. The van der Waals surface area contributed by atoms with E-state index < -0.39 is 22.3 Å². The lowest BCUT2D eigenvalue weighted by Gasteiger charge is -2.31. The summed E-state index contributed by atoms with van der Waals surface area (Å²) in [4.78, 5) is 34.6. The van der Waals surface area contributed by atoms with Gasteiger partial charge in [0.25, 0.3) is 11.6 Å². The topological polar surface area (TPSA) is 101 Å². The predicted molar refractivity (Wildman–Crippen MR) is 74.6 cm³/mol. The molecule has 1 rings (SSSR count). The highest BCUT2D eigenvalue weighted by Gasteiger charge is 2.36. The van der Waals surface area contributed by atoms with Crippen LogP contribution in [0, 0.1) is 10.1 Å². The number of aliphatic carboxylic acids is 1. The number of nitro groups is 1. The number of hydrogen-bond donors (Lipinski definition) is 1. The molecule has 0 aliphatic heterocycles. The monoisotopic (exact) mass is 344 g/mol. The Morgan fingerprint density at radius 3 is 2.40 bits per heavy atom. The second-order valence-corrected chi connectivity index (χ2v) is 5.51. The molecule has 1 aromatic carbocycles. The first kappa shape index (κ1) is 16.1. The van der Waals surface area contributed by atoms with Gasteiger partial charge in [-0.05, 0) is 41.9 Å². The Bertz CT molecular complexity index is 585. The van der Waals surface area contributed by atoms with Crippen LogP contribution in [0.4, 0.5) is 5.69 Å². The van der Waals surface area contributed by atoms with Crippen molar-refractivity contribution < 1.29 is 19.6 Å². The van der Waals surface area contributed by atoms with Gasteiger partial charge in [0.15, 0.2) is 0 Å². The highest BCUT2D eigenvalue weighted by atomic mass is 79.9. The van der Waals surface area contributed by atoms with Crippen molar-refractivity contribution in [3.63, 3.8) is 0 Å². The minimum Gasteiger partial charge on any atom is -0.480 e. The van der Waals surface area contributed by atoms with E-state index >= 15 is 0 Å². The molecule has 0 atom stereocenters. The third kappa shape index (κ3) is 2.96. The van der Waals surface area contributed by atoms with Gasteiger partial charge in [0.05, 0.1) is 9.40 Å². The number of rotatable bonds is 4. The van der Waals surface area contributed by atoms with Gasteiger partial charge in [0, 0.05) is 18.7 Å². The number of carbonyl (C=O) groups is 2. The van der Waals surface area contributed by atoms with E-state index in [1.165, 1.54) is 33.0 Å². The Morgan fingerprint density at radius 1 is 1.40 bits per heavy atom. The molecule has 0 radical (unpaired) electrons. The molecule has 8 heteroatoms. The fourth-order valence-corrected chi connectivity index (χ4v) is 1.77. The lowest BCUT2D eigenvalue weighted by molar-refractivity contribution is -0.385. The third-order valence-electron chi connectivity index (χ3n) is 3.06. The van der Waals surface area contributed by atoms with Gasteiger partial charge in [-0.25, -0.2) is 4.79 Å². The fraction of sp³-hybridized carbons (Fsp3) is 0.333. The van der Waals surface area contributed by atoms with Crippen molar-refractivity contribution in [2.45, 2.75) is 19.4 Å². The van der Waals surface area contributed by atoms with E-state index in [-0.39, 0.29) is 15.7 Å². The zero-order valence-corrected chi connectivity index (χ0v) is 12.7. The van der Waals surface area contributed by atoms with Gasteiger partial charge in [-0.2, -0.15) is 0 Å². The number of hydrogen-bond acceptors (Lipinski definition) is 4. The zero-order chi connectivity index (χ0) is 15.7. The van der Waals surface area contributed by atoms with Crippen molar-refractivity contribution in [1.29, 1.82) is 0 Å². The fourth-order valence-electron chi connectivity index (χ4n) is 1.38. The Morgan fingerprint density at radius 2 is 1.95 bits per heavy atom. The molecular formula is C12H13BrN2O5. The van der Waals surface area contributed by atoms with Crippen molar-refractivity contribution in [3.05, 3.63) is 38.3 Å². The highest BCUT2D eigenvalue weighted by Crippen LogP contribution is 2.27. The molecule has 1 N–H and O–H groups in total. The van der Waals surface area contributed by atoms with Crippen LogP contribution in [-0.4, -0.2) is 39.4 Å². The molecule has 20 heavy (non-hydrogen) atoms. The molecule has 0 aromatic heterocycles. The number of carboxylic acids is 1. The summed E-state index contributed by atoms with van der Waals surface area (Å²) in [7, 11) is 1.34. The molecule has 0 bridgehead atoms. The minimum atomic E-state index is -1.42. The first-order chi connectivity index (χ1) is 9.09. The van der Waals surface area contributed by atoms with Crippen LogP contribution in [0.2, 0.25) is 0 Å². The van der Waals surface area contributed by atoms with E-state index in [1.54, 1.807) is 0 Å². The van der Waals surface area contributed by atoms with Crippen LogP contribution >= 0.6 is 15.9 Å². The van der Waals surface area contributed by atoms with Crippen LogP contribution in [0.1, 0.15) is 24.2 Å². The number of benzene rings is 1. The number of carbonyl (C=O) groups excluding carboxylic acids is 1. The van der Waals surface area contributed by atoms with E-state index in [9.17, 15) is 19.7 Å². The normalized spacial score (nSPS) is 11.0. The lowest BCUT2D eigenvalue weighted by atomic mass is 10.0. The largest absolute Gasteiger partial charge is 0.480 e. The molecule has 0 saturated heterocycles. The average Bonchev–Trinajstić information content (AvgIpc) is 2.36. The van der Waals surface area contributed by atoms with Crippen LogP contribution in [0.3, 0.4) is 0 Å². The molecular weight excluding hydrogens is 332 g/mol. The molecule has 0 spiro atoms. The summed E-state index contributed by atoms with van der Waals surface area (Å²) in [6, 6.07) is 3.89. The SMILES string of the molecule is CN(C(=O)c1ccc(Br)c([N+](=O)[O-])c1)C(C)(C)C(=O)O. The van der Waals surface area contributed by atoms with Crippen LogP contribution in [-0.2, 0) is 4.79 Å². The summed E-state index contributed by atoms with van der Waals surface area (Å²) in [5, 5.41) is 19.9. The number of amides is 1.